The van der Waals surface area contributed by atoms with E-state index in [1.807, 2.05) is 30.3 Å². The summed E-state index contributed by atoms with van der Waals surface area (Å²) in [6.07, 6.45) is 1.27. The molecule has 1 aliphatic rings. The monoisotopic (exact) mass is 555 g/mol. The molecule has 0 bridgehead atoms. The number of anilines is 1. The molecule has 0 aliphatic carbocycles. The Kier molecular flexibility index (Phi) is 5.86. The van der Waals surface area contributed by atoms with Crippen molar-refractivity contribution in [2.45, 2.75) is 5.88 Å². The summed E-state index contributed by atoms with van der Waals surface area (Å²) in [5, 5.41) is 1.75. The molecule has 0 atom stereocenters. The summed E-state index contributed by atoms with van der Waals surface area (Å²) in [6, 6.07) is 14.5. The molecule has 2 N–H and O–H groups in total. The topological polar surface area (TPSA) is 138 Å². The Bertz CT molecular complexity index is 1690. The lowest BCUT2D eigenvalue weighted by molar-refractivity contribution is -0.658. The molecule has 4 aromatic rings. The first-order chi connectivity index (χ1) is 16.5. The van der Waals surface area contributed by atoms with E-state index in [1.54, 1.807) is 23.6 Å². The lowest BCUT2D eigenvalue weighted by Gasteiger charge is -2.16. The van der Waals surface area contributed by atoms with Crippen molar-refractivity contribution in [3.63, 3.8) is 0 Å². The number of hydrogen-bond donors (Lipinski definition) is 2. The Balaban J connectivity index is 1.64. The number of thiophene rings is 1. The van der Waals surface area contributed by atoms with Gasteiger partial charge in [0.15, 0.2) is 11.6 Å². The Morgan fingerprint density at radius 2 is 1.77 bits per heavy atom. The standard InChI is InChI=1S/C21H15ClN2O8S3/c22-15-10-33-21-20(15)24(12-35(28,29)30)19(32-21)9-18-23(11-34(25,26)27)16-8-14(6-7-17(16)31-18)13-4-2-1-3-5-13/h1-10H,11-12H2,(H-,25,26,27,28,29,30)/p+1. The lowest BCUT2D eigenvalue weighted by Crippen LogP contribution is -2.39. The molecule has 2 aromatic carbocycles. The number of fused-ring (bicyclic) bond motifs is 2. The van der Waals surface area contributed by atoms with Gasteiger partial charge in [0.25, 0.3) is 26.4 Å². The van der Waals surface area contributed by atoms with Gasteiger partial charge in [0.1, 0.15) is 11.1 Å². The molecule has 0 radical (unpaired) electrons. The summed E-state index contributed by atoms with van der Waals surface area (Å²) in [7, 11) is -8.99. The van der Waals surface area contributed by atoms with Crippen molar-refractivity contribution < 1.29 is 39.7 Å². The van der Waals surface area contributed by atoms with Crippen molar-refractivity contribution in [2.75, 3.05) is 10.8 Å². The summed E-state index contributed by atoms with van der Waals surface area (Å²) in [5.74, 6) is -1.51. The van der Waals surface area contributed by atoms with Crippen molar-refractivity contribution in [1.29, 1.82) is 0 Å². The third-order valence-electron chi connectivity index (χ3n) is 5.09. The first kappa shape index (κ1) is 23.8. The zero-order valence-corrected chi connectivity index (χ0v) is 20.7. The molecule has 0 spiro atoms. The Labute approximate surface area is 208 Å². The van der Waals surface area contributed by atoms with Gasteiger partial charge in [-0.05, 0) is 23.3 Å². The third-order valence-corrected chi connectivity index (χ3v) is 7.52. The number of benzene rings is 2. The van der Waals surface area contributed by atoms with Crippen LogP contribution < -0.4 is 14.2 Å². The van der Waals surface area contributed by atoms with Gasteiger partial charge < -0.3 is 9.15 Å². The van der Waals surface area contributed by atoms with Crippen LogP contribution in [0.2, 0.25) is 5.02 Å². The summed E-state index contributed by atoms with van der Waals surface area (Å²) in [5.41, 5.74) is 2.26. The van der Waals surface area contributed by atoms with Crippen LogP contribution >= 0.6 is 22.9 Å². The van der Waals surface area contributed by atoms with Crippen LogP contribution in [0, 0.1) is 0 Å². The highest BCUT2D eigenvalue weighted by Crippen LogP contribution is 2.42. The van der Waals surface area contributed by atoms with Gasteiger partial charge in [-0.25, -0.2) is 0 Å². The van der Waals surface area contributed by atoms with Crippen LogP contribution in [-0.2, 0) is 26.1 Å². The molecule has 35 heavy (non-hydrogen) atoms. The van der Waals surface area contributed by atoms with Crippen LogP contribution in [0.25, 0.3) is 27.6 Å². The van der Waals surface area contributed by atoms with E-state index in [1.165, 1.54) is 11.0 Å². The van der Waals surface area contributed by atoms with Gasteiger partial charge in [-0.2, -0.15) is 16.8 Å². The Morgan fingerprint density at radius 3 is 2.46 bits per heavy atom. The van der Waals surface area contributed by atoms with Gasteiger partial charge in [-0.15, -0.1) is 4.57 Å². The predicted octanol–water partition coefficient (Wildman–Crippen LogP) is 3.99. The van der Waals surface area contributed by atoms with E-state index in [9.17, 15) is 25.9 Å². The molecule has 0 unspecified atom stereocenters. The van der Waals surface area contributed by atoms with E-state index in [-0.39, 0.29) is 27.2 Å². The summed E-state index contributed by atoms with van der Waals surface area (Å²) in [4.78, 5) is 1.50. The second kappa shape index (κ2) is 8.62. The van der Waals surface area contributed by atoms with Crippen molar-refractivity contribution in [1.82, 2.24) is 0 Å². The van der Waals surface area contributed by atoms with E-state index in [2.05, 4.69) is 0 Å². The fourth-order valence-electron chi connectivity index (χ4n) is 3.71. The second-order valence-electron chi connectivity index (χ2n) is 7.57. The molecule has 0 saturated carbocycles. The molecule has 2 aromatic heterocycles. The lowest BCUT2D eigenvalue weighted by atomic mass is 10.0. The van der Waals surface area contributed by atoms with Crippen molar-refractivity contribution in [3.05, 3.63) is 70.7 Å². The fourth-order valence-corrected chi connectivity index (χ4v) is 6.05. The summed E-state index contributed by atoms with van der Waals surface area (Å²) in [6.45, 7) is 0. The van der Waals surface area contributed by atoms with Crippen LogP contribution in [0.3, 0.4) is 0 Å². The highest BCUT2D eigenvalue weighted by molar-refractivity contribution is 7.85. The molecule has 5 rings (SSSR count). The molecular weight excluding hydrogens is 540 g/mol. The molecule has 1 aliphatic heterocycles. The number of ether oxygens (including phenoxy) is 1. The first-order valence-electron chi connectivity index (χ1n) is 9.85. The average molecular weight is 556 g/mol. The van der Waals surface area contributed by atoms with E-state index in [0.717, 1.165) is 27.0 Å². The highest BCUT2D eigenvalue weighted by Gasteiger charge is 2.35. The summed E-state index contributed by atoms with van der Waals surface area (Å²) >= 11 is 7.29. The van der Waals surface area contributed by atoms with Crippen molar-refractivity contribution in [3.8, 4) is 16.9 Å². The number of nitrogens with zero attached hydrogens (tertiary/aromatic N) is 2. The maximum atomic E-state index is 11.8. The normalized spacial score (nSPS) is 15.1. The van der Waals surface area contributed by atoms with E-state index in [0.29, 0.717) is 11.4 Å². The minimum Gasteiger partial charge on any atom is -0.438 e. The molecule has 14 heteroatoms. The van der Waals surface area contributed by atoms with E-state index in [4.69, 9.17) is 20.8 Å². The van der Waals surface area contributed by atoms with Gasteiger partial charge in [0, 0.05) is 5.38 Å². The number of rotatable bonds is 6. The van der Waals surface area contributed by atoms with Gasteiger partial charge >= 0.3 is 16.0 Å². The third kappa shape index (κ3) is 4.91. The summed E-state index contributed by atoms with van der Waals surface area (Å²) < 4.78 is 78.7. The maximum absolute atomic E-state index is 11.8. The molecule has 0 saturated heterocycles. The molecule has 3 heterocycles. The van der Waals surface area contributed by atoms with E-state index < -0.39 is 32.0 Å². The molecule has 10 nitrogen and oxygen atoms in total. The fraction of sp³-hybridized carbons (Fsp3) is 0.0952. The van der Waals surface area contributed by atoms with Crippen LogP contribution in [0.15, 0.2) is 64.2 Å². The van der Waals surface area contributed by atoms with E-state index >= 15 is 0 Å². The van der Waals surface area contributed by atoms with Gasteiger partial charge in [0.05, 0.1) is 5.69 Å². The first-order valence-corrected chi connectivity index (χ1v) is 14.3. The zero-order chi connectivity index (χ0) is 25.0. The van der Waals surface area contributed by atoms with Crippen LogP contribution in [0.5, 0.6) is 5.75 Å². The van der Waals surface area contributed by atoms with Crippen LogP contribution in [-0.4, -0.2) is 31.8 Å². The van der Waals surface area contributed by atoms with Crippen molar-refractivity contribution >= 4 is 65.4 Å². The van der Waals surface area contributed by atoms with Gasteiger partial charge in [-0.3, -0.25) is 14.0 Å². The number of hydrogen-bond acceptors (Lipinski definition) is 8. The van der Waals surface area contributed by atoms with Crippen molar-refractivity contribution in [2.24, 2.45) is 0 Å². The molecule has 182 valence electrons. The van der Waals surface area contributed by atoms with Gasteiger partial charge in [0.2, 0.25) is 5.88 Å². The average Bonchev–Trinajstić information content (AvgIpc) is 3.41. The quantitative estimate of drug-likeness (QED) is 0.267. The zero-order valence-electron chi connectivity index (χ0n) is 17.5. The SMILES string of the molecule is O=S(=O)(O)CN1C(=Cc2oc3scc(Cl)c3[n+]2CS(=O)(=O)O)Oc2ccc(-c3ccccc3)cc21. The number of aromatic nitrogens is 1. The maximum Gasteiger partial charge on any atom is 0.381 e. The molecular formula is C21H16ClN2O8S3+. The minimum absolute atomic E-state index is 0.0514. The van der Waals surface area contributed by atoms with Crippen LogP contribution in [0.4, 0.5) is 5.69 Å². The number of halogens is 1. The van der Waals surface area contributed by atoms with Crippen LogP contribution in [0.1, 0.15) is 5.89 Å². The Hall–Kier alpha value is -2.94. The predicted molar refractivity (Wildman–Crippen MR) is 130 cm³/mol. The Morgan fingerprint density at radius 1 is 1.03 bits per heavy atom. The molecule has 0 fully saturated rings. The highest BCUT2D eigenvalue weighted by atomic mass is 35.5. The molecule has 0 amide bonds. The largest absolute Gasteiger partial charge is 0.438 e. The smallest absolute Gasteiger partial charge is 0.381 e. The minimum atomic E-state index is -4.50. The second-order valence-corrected chi connectivity index (χ2v) is 11.7. The number of oxazole rings is 1. The van der Waals surface area contributed by atoms with Gasteiger partial charge in [-0.1, -0.05) is 59.3 Å².